The maximum Gasteiger partial charge on any atom is 0.0937 e. The fourth-order valence-corrected chi connectivity index (χ4v) is 4.52. The normalized spacial score (nSPS) is 28.7. The first-order chi connectivity index (χ1) is 9.35. The molecule has 106 valence electrons. The molecule has 2 saturated carbocycles. The summed E-state index contributed by atoms with van der Waals surface area (Å²) in [6, 6.07) is 0.673. The molecule has 0 bridgehead atoms. The quantitative estimate of drug-likeness (QED) is 0.870. The molecular weight excluding hydrogens is 256 g/mol. The lowest BCUT2D eigenvalue weighted by Gasteiger charge is -2.54. The minimum absolute atomic E-state index is 0.457. The Kier molecular flexibility index (Phi) is 4.20. The standard InChI is InChI=1S/C15H24N2OS/c1-2-18-13-11-12(15(13)6-3-4-7-15)16-8-5-14-17-9-10-19-14/h9-10,12-13,16H,2-8,11H2,1H3. The number of rotatable bonds is 6. The second-order valence-electron chi connectivity index (χ2n) is 5.80. The van der Waals surface area contributed by atoms with Crippen molar-refractivity contribution in [3.05, 3.63) is 16.6 Å². The highest BCUT2D eigenvalue weighted by Gasteiger charge is 2.56. The van der Waals surface area contributed by atoms with E-state index >= 15 is 0 Å². The summed E-state index contributed by atoms with van der Waals surface area (Å²) in [5.41, 5.74) is 0.457. The van der Waals surface area contributed by atoms with Crippen LogP contribution in [0.2, 0.25) is 0 Å². The highest BCUT2D eigenvalue weighted by atomic mass is 32.1. The van der Waals surface area contributed by atoms with Gasteiger partial charge in [-0.05, 0) is 26.2 Å². The summed E-state index contributed by atoms with van der Waals surface area (Å²) in [6.07, 6.45) is 10.1. The Morgan fingerprint density at radius 2 is 2.32 bits per heavy atom. The van der Waals surface area contributed by atoms with E-state index in [1.165, 1.54) is 37.1 Å². The monoisotopic (exact) mass is 280 g/mol. The van der Waals surface area contributed by atoms with E-state index in [0.29, 0.717) is 17.6 Å². The van der Waals surface area contributed by atoms with E-state index in [0.717, 1.165) is 19.6 Å². The molecule has 0 amide bonds. The zero-order chi connectivity index (χ0) is 13.1. The molecule has 2 aliphatic rings. The van der Waals surface area contributed by atoms with Crippen LogP contribution in [0, 0.1) is 5.41 Å². The third-order valence-electron chi connectivity index (χ3n) is 4.90. The number of thiazole rings is 1. The molecule has 2 aliphatic carbocycles. The predicted octanol–water partition coefficient (Wildman–Crippen LogP) is 3.01. The van der Waals surface area contributed by atoms with Crippen LogP contribution in [0.1, 0.15) is 44.0 Å². The van der Waals surface area contributed by atoms with E-state index in [9.17, 15) is 0 Å². The number of hydrogen-bond donors (Lipinski definition) is 1. The third-order valence-corrected chi connectivity index (χ3v) is 5.74. The highest BCUT2D eigenvalue weighted by molar-refractivity contribution is 7.09. The Morgan fingerprint density at radius 3 is 3.00 bits per heavy atom. The fraction of sp³-hybridized carbons (Fsp3) is 0.800. The van der Waals surface area contributed by atoms with Crippen LogP contribution in [-0.4, -0.2) is 30.3 Å². The predicted molar refractivity (Wildman–Crippen MR) is 78.5 cm³/mol. The van der Waals surface area contributed by atoms with E-state index in [1.807, 2.05) is 6.20 Å². The van der Waals surface area contributed by atoms with E-state index in [2.05, 4.69) is 22.6 Å². The van der Waals surface area contributed by atoms with Gasteiger partial charge >= 0.3 is 0 Å². The molecule has 1 heterocycles. The lowest BCUT2D eigenvalue weighted by molar-refractivity contribution is -0.130. The third kappa shape index (κ3) is 2.58. The summed E-state index contributed by atoms with van der Waals surface area (Å²) in [5, 5.41) is 7.07. The molecule has 0 aromatic carbocycles. The molecule has 3 rings (SSSR count). The number of aromatic nitrogens is 1. The lowest BCUT2D eigenvalue weighted by Crippen LogP contribution is -2.62. The summed E-state index contributed by atoms with van der Waals surface area (Å²) in [7, 11) is 0. The Hall–Kier alpha value is -0.450. The molecule has 2 unspecified atom stereocenters. The maximum atomic E-state index is 5.95. The summed E-state index contributed by atoms with van der Waals surface area (Å²) < 4.78 is 5.95. The minimum Gasteiger partial charge on any atom is -0.378 e. The SMILES string of the molecule is CCOC1CC(NCCc2nccs2)C12CCCC2. The summed E-state index contributed by atoms with van der Waals surface area (Å²) >= 11 is 1.76. The first-order valence-corrected chi connectivity index (χ1v) is 8.46. The second kappa shape index (κ2) is 5.90. The van der Waals surface area contributed by atoms with Gasteiger partial charge < -0.3 is 10.1 Å². The van der Waals surface area contributed by atoms with Gasteiger partial charge in [0, 0.05) is 42.6 Å². The van der Waals surface area contributed by atoms with Crippen LogP contribution in [-0.2, 0) is 11.2 Å². The second-order valence-corrected chi connectivity index (χ2v) is 6.78. The van der Waals surface area contributed by atoms with Gasteiger partial charge in [-0.2, -0.15) is 0 Å². The van der Waals surface area contributed by atoms with Gasteiger partial charge in [-0.3, -0.25) is 0 Å². The summed E-state index contributed by atoms with van der Waals surface area (Å²) in [5.74, 6) is 0. The Labute approximate surface area is 119 Å². The van der Waals surface area contributed by atoms with Crippen molar-refractivity contribution in [1.29, 1.82) is 0 Å². The van der Waals surface area contributed by atoms with Gasteiger partial charge in [0.05, 0.1) is 11.1 Å². The Bertz CT molecular complexity index is 387. The molecule has 19 heavy (non-hydrogen) atoms. The zero-order valence-electron chi connectivity index (χ0n) is 11.7. The molecule has 0 aliphatic heterocycles. The number of nitrogens with one attached hydrogen (secondary N) is 1. The van der Waals surface area contributed by atoms with Gasteiger partial charge in [-0.1, -0.05) is 12.8 Å². The molecule has 0 radical (unpaired) electrons. The molecule has 1 aromatic heterocycles. The maximum absolute atomic E-state index is 5.95. The largest absolute Gasteiger partial charge is 0.378 e. The van der Waals surface area contributed by atoms with Crippen LogP contribution in [0.15, 0.2) is 11.6 Å². The molecule has 2 atom stereocenters. The van der Waals surface area contributed by atoms with Crippen molar-refractivity contribution in [3.8, 4) is 0 Å². The van der Waals surface area contributed by atoms with Gasteiger partial charge in [0.15, 0.2) is 0 Å². The highest BCUT2D eigenvalue weighted by Crippen LogP contribution is 2.54. The van der Waals surface area contributed by atoms with Crippen molar-refractivity contribution in [3.63, 3.8) is 0 Å². The number of nitrogens with zero attached hydrogens (tertiary/aromatic N) is 1. The van der Waals surface area contributed by atoms with Gasteiger partial charge in [0.1, 0.15) is 0 Å². The van der Waals surface area contributed by atoms with Crippen molar-refractivity contribution in [2.24, 2.45) is 5.41 Å². The fourth-order valence-electron chi connectivity index (χ4n) is 3.90. The van der Waals surface area contributed by atoms with Gasteiger partial charge in [-0.15, -0.1) is 11.3 Å². The molecule has 1 aromatic rings. The molecule has 3 nitrogen and oxygen atoms in total. The van der Waals surface area contributed by atoms with Crippen LogP contribution in [0.4, 0.5) is 0 Å². The molecular formula is C15H24N2OS. The van der Waals surface area contributed by atoms with E-state index in [-0.39, 0.29) is 0 Å². The van der Waals surface area contributed by atoms with Crippen molar-refractivity contribution >= 4 is 11.3 Å². The van der Waals surface area contributed by atoms with Crippen LogP contribution < -0.4 is 5.32 Å². The molecule has 1 N–H and O–H groups in total. The van der Waals surface area contributed by atoms with Crippen molar-refractivity contribution in [2.75, 3.05) is 13.2 Å². The summed E-state index contributed by atoms with van der Waals surface area (Å²) in [6.45, 7) is 4.03. The Morgan fingerprint density at radius 1 is 1.47 bits per heavy atom. The van der Waals surface area contributed by atoms with Crippen LogP contribution >= 0.6 is 11.3 Å². The minimum atomic E-state index is 0.457. The van der Waals surface area contributed by atoms with Crippen molar-refractivity contribution < 1.29 is 4.74 Å². The van der Waals surface area contributed by atoms with E-state index in [4.69, 9.17) is 4.74 Å². The van der Waals surface area contributed by atoms with Crippen LogP contribution in [0.25, 0.3) is 0 Å². The molecule has 2 fully saturated rings. The van der Waals surface area contributed by atoms with Gasteiger partial charge in [-0.25, -0.2) is 4.98 Å². The molecule has 4 heteroatoms. The number of hydrogen-bond acceptors (Lipinski definition) is 4. The van der Waals surface area contributed by atoms with Crippen molar-refractivity contribution in [1.82, 2.24) is 10.3 Å². The Balaban J connectivity index is 1.51. The topological polar surface area (TPSA) is 34.1 Å². The summed E-state index contributed by atoms with van der Waals surface area (Å²) in [4.78, 5) is 4.34. The average Bonchev–Trinajstić information content (AvgIpc) is 3.09. The van der Waals surface area contributed by atoms with Gasteiger partial charge in [0.25, 0.3) is 0 Å². The van der Waals surface area contributed by atoms with E-state index in [1.54, 1.807) is 11.3 Å². The first kappa shape index (κ1) is 13.5. The van der Waals surface area contributed by atoms with E-state index < -0.39 is 0 Å². The lowest BCUT2D eigenvalue weighted by atomic mass is 9.60. The first-order valence-electron chi connectivity index (χ1n) is 7.58. The number of ether oxygens (including phenoxy) is 1. The van der Waals surface area contributed by atoms with Crippen molar-refractivity contribution in [2.45, 2.75) is 57.6 Å². The van der Waals surface area contributed by atoms with Crippen LogP contribution in [0.5, 0.6) is 0 Å². The molecule has 0 saturated heterocycles. The van der Waals surface area contributed by atoms with Crippen LogP contribution in [0.3, 0.4) is 0 Å². The van der Waals surface area contributed by atoms with Gasteiger partial charge in [0.2, 0.25) is 0 Å². The molecule has 1 spiro atoms. The zero-order valence-corrected chi connectivity index (χ0v) is 12.5. The average molecular weight is 280 g/mol. The smallest absolute Gasteiger partial charge is 0.0937 e.